The summed E-state index contributed by atoms with van der Waals surface area (Å²) < 4.78 is 86.7. The van der Waals surface area contributed by atoms with Crippen LogP contribution >= 0.6 is 0 Å². The van der Waals surface area contributed by atoms with Crippen LogP contribution in [0.1, 0.15) is 55.8 Å². The Hall–Kier alpha value is -4.60. The van der Waals surface area contributed by atoms with Crippen molar-refractivity contribution in [2.45, 2.75) is 70.0 Å². The Morgan fingerprint density at radius 3 is 2.71 bits per heavy atom. The van der Waals surface area contributed by atoms with Gasteiger partial charge in [0.25, 0.3) is 0 Å². The van der Waals surface area contributed by atoms with Crippen LogP contribution in [0.3, 0.4) is 0 Å². The highest BCUT2D eigenvalue weighted by Crippen LogP contribution is 2.46. The number of hydrogen-bond donors (Lipinski definition) is 2. The second kappa shape index (κ2) is 11.5. The van der Waals surface area contributed by atoms with Crippen LogP contribution in [0.4, 0.5) is 39.4 Å². The number of nitrogens with zero attached hydrogens (tertiary/aromatic N) is 7. The fraction of sp³-hybridized carbons (Fsp3) is 0.469. The van der Waals surface area contributed by atoms with Gasteiger partial charge in [0.1, 0.15) is 59.1 Å². The van der Waals surface area contributed by atoms with E-state index in [2.05, 4.69) is 24.8 Å². The molecule has 4 aromatic heterocycles. The maximum Gasteiger partial charge on any atom is 0.418 e. The van der Waals surface area contributed by atoms with Crippen LogP contribution in [0.15, 0.2) is 24.4 Å². The third kappa shape index (κ3) is 5.25. The molecule has 0 bridgehead atoms. The van der Waals surface area contributed by atoms with Gasteiger partial charge in [0.15, 0.2) is 5.82 Å². The molecule has 4 N–H and O–H groups in total. The van der Waals surface area contributed by atoms with Crippen molar-refractivity contribution in [1.82, 2.24) is 29.8 Å². The summed E-state index contributed by atoms with van der Waals surface area (Å²) in [6.07, 6.45) is -2.52. The van der Waals surface area contributed by atoms with E-state index in [4.69, 9.17) is 25.9 Å². The Labute approximate surface area is 272 Å². The number of halogens is 5. The minimum atomic E-state index is -4.91. The molecule has 1 unspecified atom stereocenters. The van der Waals surface area contributed by atoms with Gasteiger partial charge in [-0.15, -0.1) is 0 Å². The van der Waals surface area contributed by atoms with Crippen molar-refractivity contribution >= 4 is 28.4 Å². The highest BCUT2D eigenvalue weighted by Gasteiger charge is 2.49. The number of hydrogen-bond acceptors (Lipinski definition) is 11. The first kappa shape index (κ1) is 32.0. The van der Waals surface area contributed by atoms with Gasteiger partial charge in [-0.3, -0.25) is 4.90 Å². The number of fused-ring (bicyclic) bond motifs is 1. The first-order valence-electron chi connectivity index (χ1n) is 15.7. The molecular formula is C32H34F5N9O2. The lowest BCUT2D eigenvalue weighted by Crippen LogP contribution is -2.43. The SMILES string of the molecule is Cc1cc(N)nc(-c2nc3c4c(nc(OC[C@@]56CCCN5C[C@H](F)C6)nc4c2F)N(C(C)c2cccnc2N)[C@@H](C)CO3)c1C(F)(F)F. The second-order valence-corrected chi connectivity index (χ2v) is 12.8. The van der Waals surface area contributed by atoms with Gasteiger partial charge in [-0.1, -0.05) is 6.07 Å². The zero-order chi connectivity index (χ0) is 34.1. The van der Waals surface area contributed by atoms with Gasteiger partial charge < -0.3 is 25.8 Å². The lowest BCUT2D eigenvalue weighted by Gasteiger charge is -2.35. The number of anilines is 3. The number of pyridine rings is 3. The van der Waals surface area contributed by atoms with E-state index >= 15 is 4.39 Å². The monoisotopic (exact) mass is 671 g/mol. The van der Waals surface area contributed by atoms with Gasteiger partial charge in [0.2, 0.25) is 5.88 Å². The topological polar surface area (TPSA) is 141 Å². The first-order valence-corrected chi connectivity index (χ1v) is 15.7. The molecule has 7 rings (SSSR count). The van der Waals surface area contributed by atoms with Crippen molar-refractivity contribution < 1.29 is 31.4 Å². The van der Waals surface area contributed by atoms with E-state index in [1.54, 1.807) is 18.3 Å². The molecule has 2 fully saturated rings. The van der Waals surface area contributed by atoms with Crippen LogP contribution in [0.25, 0.3) is 22.3 Å². The molecule has 7 heterocycles. The molecule has 0 amide bonds. The maximum atomic E-state index is 16.8. The Bertz CT molecular complexity index is 1910. The van der Waals surface area contributed by atoms with Crippen LogP contribution in [0.5, 0.6) is 11.9 Å². The zero-order valence-corrected chi connectivity index (χ0v) is 26.5. The fourth-order valence-electron chi connectivity index (χ4n) is 7.48. The fourth-order valence-corrected chi connectivity index (χ4v) is 7.48. The van der Waals surface area contributed by atoms with E-state index in [1.165, 1.54) is 6.92 Å². The average molecular weight is 672 g/mol. The Balaban J connectivity index is 1.45. The predicted molar refractivity (Wildman–Crippen MR) is 168 cm³/mol. The molecule has 0 aromatic carbocycles. The van der Waals surface area contributed by atoms with E-state index in [1.807, 2.05) is 18.7 Å². The molecule has 3 aliphatic rings. The summed E-state index contributed by atoms with van der Waals surface area (Å²) in [7, 11) is 0. The van der Waals surface area contributed by atoms with Crippen LogP contribution < -0.4 is 25.8 Å². The molecule has 11 nitrogen and oxygen atoms in total. The molecule has 0 aliphatic carbocycles. The number of aryl methyl sites for hydroxylation is 1. The molecule has 16 heteroatoms. The number of rotatable bonds is 6. The third-order valence-corrected chi connectivity index (χ3v) is 9.61. The lowest BCUT2D eigenvalue weighted by atomic mass is 9.95. The standard InChI is InChI=1S/C32H34F5N9O2/c1-15-10-20(38)41-25(22(15)32(35,36)37)26-23(34)24-21-28(44-30(43-24)48-14-31-7-5-9-45(31)12-18(33)11-31)46(16(2)13-47-29(21)42-26)17(3)19-6-4-8-40-27(19)39/h4,6,8,10,16-18H,5,7,9,11-14H2,1-3H3,(H2,38,41)(H2,39,40)/t16-,17?,18+,31-/m0/s1. The molecule has 4 aromatic rings. The van der Waals surface area contributed by atoms with Crippen LogP contribution in [-0.4, -0.2) is 73.9 Å². The number of aromatic nitrogens is 5. The summed E-state index contributed by atoms with van der Waals surface area (Å²) >= 11 is 0. The van der Waals surface area contributed by atoms with Crippen LogP contribution in [0, 0.1) is 12.7 Å². The third-order valence-electron chi connectivity index (χ3n) is 9.61. The number of nitrogens with two attached hydrogens (primary N) is 2. The Morgan fingerprint density at radius 1 is 1.17 bits per heavy atom. The highest BCUT2D eigenvalue weighted by atomic mass is 19.4. The molecule has 3 aliphatic heterocycles. The molecular weight excluding hydrogens is 637 g/mol. The summed E-state index contributed by atoms with van der Waals surface area (Å²) in [6.45, 7) is 5.98. The smallest absolute Gasteiger partial charge is 0.418 e. The zero-order valence-electron chi connectivity index (χ0n) is 26.5. The van der Waals surface area contributed by atoms with Gasteiger partial charge in [-0.25, -0.2) is 23.7 Å². The van der Waals surface area contributed by atoms with Crippen molar-refractivity contribution in [2.75, 3.05) is 42.7 Å². The van der Waals surface area contributed by atoms with Crippen molar-refractivity contribution in [3.63, 3.8) is 0 Å². The largest absolute Gasteiger partial charge is 0.475 e. The quantitative estimate of drug-likeness (QED) is 0.254. The van der Waals surface area contributed by atoms with Crippen molar-refractivity contribution in [2.24, 2.45) is 0 Å². The molecule has 0 spiro atoms. The van der Waals surface area contributed by atoms with Gasteiger partial charge >= 0.3 is 12.2 Å². The summed E-state index contributed by atoms with van der Waals surface area (Å²) in [5, 5.41) is 0.0294. The van der Waals surface area contributed by atoms with E-state index in [0.717, 1.165) is 19.0 Å². The second-order valence-electron chi connectivity index (χ2n) is 12.8. The first-order chi connectivity index (χ1) is 22.8. The lowest BCUT2D eigenvalue weighted by molar-refractivity contribution is -0.137. The van der Waals surface area contributed by atoms with E-state index in [9.17, 15) is 17.6 Å². The molecule has 0 radical (unpaired) electrons. The minimum absolute atomic E-state index is 0.00426. The van der Waals surface area contributed by atoms with Gasteiger partial charge in [-0.2, -0.15) is 23.1 Å². The molecule has 48 heavy (non-hydrogen) atoms. The van der Waals surface area contributed by atoms with E-state index < -0.39 is 52.7 Å². The van der Waals surface area contributed by atoms with Gasteiger partial charge in [-0.05, 0) is 57.9 Å². The van der Waals surface area contributed by atoms with E-state index in [-0.39, 0.29) is 65.4 Å². The van der Waals surface area contributed by atoms with E-state index in [0.29, 0.717) is 18.5 Å². The van der Waals surface area contributed by atoms with Crippen molar-refractivity contribution in [1.29, 1.82) is 0 Å². The van der Waals surface area contributed by atoms with Crippen molar-refractivity contribution in [3.05, 3.63) is 46.9 Å². The van der Waals surface area contributed by atoms with Crippen molar-refractivity contribution in [3.8, 4) is 23.3 Å². The average Bonchev–Trinajstić information content (AvgIpc) is 3.49. The predicted octanol–water partition coefficient (Wildman–Crippen LogP) is 5.42. The Kier molecular flexibility index (Phi) is 7.68. The minimum Gasteiger partial charge on any atom is -0.475 e. The summed E-state index contributed by atoms with van der Waals surface area (Å²) in [6, 6.07) is 3.44. The normalized spacial score (nSPS) is 23.2. The Morgan fingerprint density at radius 2 is 1.96 bits per heavy atom. The van der Waals surface area contributed by atoms with Gasteiger partial charge in [0.05, 0.1) is 23.2 Å². The summed E-state index contributed by atoms with van der Waals surface area (Å²) in [5.74, 6) is -1.18. The van der Waals surface area contributed by atoms with Crippen LogP contribution in [-0.2, 0) is 6.18 Å². The van der Waals surface area contributed by atoms with Crippen LogP contribution in [0.2, 0.25) is 0 Å². The number of ether oxygens (including phenoxy) is 2. The number of nitrogen functional groups attached to an aromatic ring is 2. The number of alkyl halides is 4. The highest BCUT2D eigenvalue weighted by molar-refractivity contribution is 5.97. The van der Waals surface area contributed by atoms with Gasteiger partial charge in [0, 0.05) is 24.7 Å². The molecule has 4 atom stereocenters. The molecule has 254 valence electrons. The maximum absolute atomic E-state index is 16.8. The summed E-state index contributed by atoms with van der Waals surface area (Å²) in [4.78, 5) is 25.4. The molecule has 2 saturated heterocycles. The summed E-state index contributed by atoms with van der Waals surface area (Å²) in [5.41, 5.74) is 8.83. The molecule has 0 saturated carbocycles.